The molecule has 216 valence electrons. The van der Waals surface area contributed by atoms with Crippen molar-refractivity contribution in [3.8, 4) is 0 Å². The van der Waals surface area contributed by atoms with Crippen LogP contribution in [0.25, 0.3) is 0 Å². The highest BCUT2D eigenvalue weighted by Crippen LogP contribution is 2.46. The third kappa shape index (κ3) is 6.20. The van der Waals surface area contributed by atoms with Crippen molar-refractivity contribution in [2.45, 2.75) is 95.3 Å². The van der Waals surface area contributed by atoms with Crippen molar-refractivity contribution < 1.29 is 24.2 Å². The van der Waals surface area contributed by atoms with Crippen LogP contribution in [0.5, 0.6) is 0 Å². The second-order valence-corrected chi connectivity index (χ2v) is 16.5. The quantitative estimate of drug-likeness (QED) is 0.463. The van der Waals surface area contributed by atoms with Crippen LogP contribution in [0.3, 0.4) is 0 Å². The molecule has 0 unspecified atom stereocenters. The molecule has 0 aliphatic carbocycles. The van der Waals surface area contributed by atoms with Crippen LogP contribution in [0.4, 0.5) is 5.69 Å². The summed E-state index contributed by atoms with van der Waals surface area (Å²) in [5.41, 5.74) is 4.40. The maximum Gasteiger partial charge on any atom is 0.226 e. The normalized spacial score (nSPS) is 27.1. The van der Waals surface area contributed by atoms with Crippen molar-refractivity contribution in [1.29, 1.82) is 0 Å². The molecule has 2 fully saturated rings. The van der Waals surface area contributed by atoms with Crippen molar-refractivity contribution in [2.75, 3.05) is 18.1 Å². The van der Waals surface area contributed by atoms with E-state index in [0.29, 0.717) is 19.4 Å². The predicted octanol–water partition coefficient (Wildman–Crippen LogP) is 4.44. The molecular weight excluding hydrogens is 520 g/mol. The van der Waals surface area contributed by atoms with E-state index in [1.54, 1.807) is 4.90 Å². The summed E-state index contributed by atoms with van der Waals surface area (Å²) in [7, 11) is -2.63. The van der Waals surface area contributed by atoms with Gasteiger partial charge in [0.15, 0.2) is 8.32 Å². The summed E-state index contributed by atoms with van der Waals surface area (Å²) in [6.07, 6.45) is 4.68. The molecule has 2 saturated heterocycles. The van der Waals surface area contributed by atoms with Gasteiger partial charge in [0.05, 0.1) is 31.3 Å². The number of piperidine rings is 1. The van der Waals surface area contributed by atoms with Gasteiger partial charge in [-0.2, -0.15) is 0 Å². The van der Waals surface area contributed by atoms with Crippen molar-refractivity contribution >= 4 is 25.8 Å². The Morgan fingerprint density at radius 2 is 1.85 bits per heavy atom. The lowest BCUT2D eigenvalue weighted by Crippen LogP contribution is -2.48. The smallest absolute Gasteiger partial charge is 0.226 e. The van der Waals surface area contributed by atoms with E-state index in [2.05, 4.69) is 31.2 Å². The highest BCUT2D eigenvalue weighted by molar-refractivity contribution is 6.71. The molecule has 0 bridgehead atoms. The number of nitrogens with zero attached hydrogens (tertiary/aromatic N) is 2. The Morgan fingerprint density at radius 1 is 1.07 bits per heavy atom. The monoisotopic (exact) mass is 564 g/mol. The lowest BCUT2D eigenvalue weighted by Gasteiger charge is -2.37. The van der Waals surface area contributed by atoms with Crippen LogP contribution in [0, 0.1) is 5.92 Å². The number of aliphatic hydroxyl groups is 1. The fourth-order valence-electron chi connectivity index (χ4n) is 7.21. The summed E-state index contributed by atoms with van der Waals surface area (Å²) >= 11 is 0. The van der Waals surface area contributed by atoms with Crippen LogP contribution in [-0.4, -0.2) is 66.3 Å². The van der Waals surface area contributed by atoms with Gasteiger partial charge in [-0.25, -0.2) is 0 Å². The van der Waals surface area contributed by atoms with Crippen molar-refractivity contribution in [2.24, 2.45) is 5.92 Å². The largest absolute Gasteiger partial charge is 0.432 e. The number of anilines is 1. The molecule has 5 atom stereocenters. The SMILES string of the molecule is C[C@H]1[C@H]([Si](C)(C)O)[C@@H](CC(=O)N2Cc3ccccc3C[C@H]2CO)O[C@H]1CCc1cccc(N2CCCCC2=O)c1. The van der Waals surface area contributed by atoms with Gasteiger partial charge in [-0.1, -0.05) is 43.3 Å². The Hall–Kier alpha value is -2.52. The summed E-state index contributed by atoms with van der Waals surface area (Å²) in [6.45, 7) is 7.25. The molecule has 0 spiro atoms. The average molecular weight is 565 g/mol. The first-order valence-electron chi connectivity index (χ1n) is 14.9. The minimum atomic E-state index is -2.63. The second-order valence-electron chi connectivity index (χ2n) is 12.5. The lowest BCUT2D eigenvalue weighted by atomic mass is 9.93. The Kier molecular flexibility index (Phi) is 8.80. The molecule has 3 aliphatic rings. The van der Waals surface area contributed by atoms with E-state index in [0.717, 1.165) is 43.5 Å². The molecule has 7 nitrogen and oxygen atoms in total. The molecule has 3 heterocycles. The Labute approximate surface area is 239 Å². The minimum Gasteiger partial charge on any atom is -0.432 e. The summed E-state index contributed by atoms with van der Waals surface area (Å²) in [4.78, 5) is 41.1. The number of carbonyl (C=O) groups excluding carboxylic acids is 2. The second kappa shape index (κ2) is 12.1. The van der Waals surface area contributed by atoms with E-state index < -0.39 is 8.32 Å². The number of aryl methyl sites for hydroxylation is 1. The van der Waals surface area contributed by atoms with E-state index in [1.807, 2.05) is 42.3 Å². The first-order chi connectivity index (χ1) is 19.2. The fourth-order valence-corrected chi connectivity index (χ4v) is 9.81. The van der Waals surface area contributed by atoms with Crippen molar-refractivity contribution in [3.05, 3.63) is 65.2 Å². The molecule has 2 amide bonds. The number of fused-ring (bicyclic) bond motifs is 1. The molecular formula is C32H44N2O5Si. The van der Waals surface area contributed by atoms with Gasteiger partial charge in [-0.15, -0.1) is 0 Å². The van der Waals surface area contributed by atoms with Crippen molar-refractivity contribution in [3.63, 3.8) is 0 Å². The van der Waals surface area contributed by atoms with E-state index >= 15 is 0 Å². The Bertz CT molecular complexity index is 1210. The first-order valence-corrected chi connectivity index (χ1v) is 17.9. The van der Waals surface area contributed by atoms with Crippen LogP contribution in [-0.2, 0) is 33.7 Å². The zero-order valence-electron chi connectivity index (χ0n) is 24.1. The Morgan fingerprint density at radius 3 is 2.58 bits per heavy atom. The molecule has 40 heavy (non-hydrogen) atoms. The molecule has 2 N–H and O–H groups in total. The number of hydrogen-bond donors (Lipinski definition) is 2. The molecule has 5 rings (SSSR count). The minimum absolute atomic E-state index is 0.0199. The van der Waals surface area contributed by atoms with Crippen LogP contribution in [0.15, 0.2) is 48.5 Å². The third-order valence-corrected chi connectivity index (χ3v) is 11.8. The highest BCUT2D eigenvalue weighted by atomic mass is 28.4. The lowest BCUT2D eigenvalue weighted by molar-refractivity contribution is -0.138. The molecule has 0 aromatic heterocycles. The zero-order chi connectivity index (χ0) is 28.4. The molecule has 2 aromatic carbocycles. The van der Waals surface area contributed by atoms with Crippen LogP contribution < -0.4 is 4.90 Å². The molecule has 2 aromatic rings. The predicted molar refractivity (Wildman–Crippen MR) is 158 cm³/mol. The van der Waals surface area contributed by atoms with Crippen molar-refractivity contribution in [1.82, 2.24) is 4.90 Å². The molecule has 3 aliphatic heterocycles. The van der Waals surface area contributed by atoms with Gasteiger partial charge in [0.1, 0.15) is 0 Å². The van der Waals surface area contributed by atoms with E-state index in [-0.39, 0.29) is 54.6 Å². The third-order valence-electron chi connectivity index (χ3n) is 9.24. The fraction of sp³-hybridized carbons (Fsp3) is 0.562. The number of aliphatic hydroxyl groups excluding tert-OH is 1. The van der Waals surface area contributed by atoms with E-state index in [9.17, 15) is 19.5 Å². The zero-order valence-corrected chi connectivity index (χ0v) is 25.1. The van der Waals surface area contributed by atoms with Gasteiger partial charge < -0.3 is 24.4 Å². The van der Waals surface area contributed by atoms with Gasteiger partial charge in [-0.3, -0.25) is 9.59 Å². The van der Waals surface area contributed by atoms with E-state index in [1.165, 1.54) is 11.1 Å². The van der Waals surface area contributed by atoms with E-state index in [4.69, 9.17) is 4.74 Å². The number of amides is 2. The van der Waals surface area contributed by atoms with Gasteiger partial charge >= 0.3 is 0 Å². The van der Waals surface area contributed by atoms with Crippen LogP contribution >= 0.6 is 0 Å². The number of carbonyl (C=O) groups is 2. The summed E-state index contributed by atoms with van der Waals surface area (Å²) in [5.74, 6) is 0.308. The maximum atomic E-state index is 13.6. The first kappa shape index (κ1) is 29.0. The molecule has 0 radical (unpaired) electrons. The molecule has 8 heteroatoms. The van der Waals surface area contributed by atoms with Gasteiger partial charge in [-0.05, 0) is 79.9 Å². The standard InChI is InChI=1S/C32H44N2O5Si/c1-22-28(15-14-23-9-8-12-26(17-23)33-16-7-6-13-30(33)36)39-29(32(22)40(2,3)38)19-31(37)34-20-25-11-5-4-10-24(25)18-27(34)21-35/h4-5,8-12,17,22,27-29,32,35,38H,6-7,13-16,18-21H2,1-3H3/t22-,27+,28+,29-,32+/m1/s1. The van der Waals surface area contributed by atoms with Gasteiger partial charge in [0.25, 0.3) is 0 Å². The van der Waals surface area contributed by atoms with Gasteiger partial charge in [0.2, 0.25) is 11.8 Å². The molecule has 0 saturated carbocycles. The topological polar surface area (TPSA) is 90.3 Å². The summed E-state index contributed by atoms with van der Waals surface area (Å²) in [6, 6.07) is 16.1. The summed E-state index contributed by atoms with van der Waals surface area (Å²) in [5, 5.41) is 10.1. The van der Waals surface area contributed by atoms with Crippen LogP contribution in [0.2, 0.25) is 18.6 Å². The number of hydrogen-bond acceptors (Lipinski definition) is 5. The Balaban J connectivity index is 1.26. The maximum absolute atomic E-state index is 13.6. The number of ether oxygens (including phenoxy) is 1. The number of benzene rings is 2. The number of rotatable bonds is 8. The van der Waals surface area contributed by atoms with Crippen LogP contribution in [0.1, 0.15) is 55.7 Å². The average Bonchev–Trinajstić information content (AvgIpc) is 3.26. The van der Waals surface area contributed by atoms with Gasteiger partial charge in [0, 0.05) is 30.7 Å². The highest BCUT2D eigenvalue weighted by Gasteiger charge is 2.50. The summed E-state index contributed by atoms with van der Waals surface area (Å²) < 4.78 is 6.60.